The maximum absolute atomic E-state index is 11.3. The van der Waals surface area contributed by atoms with Crippen molar-refractivity contribution in [1.29, 1.82) is 0 Å². The molecule has 0 aliphatic carbocycles. The predicted molar refractivity (Wildman–Crippen MR) is 77.9 cm³/mol. The van der Waals surface area contributed by atoms with Crippen molar-refractivity contribution in [3.63, 3.8) is 0 Å². The molecule has 1 aromatic heterocycles. The Kier molecular flexibility index (Phi) is 3.98. The Hall–Kier alpha value is -1.64. The van der Waals surface area contributed by atoms with Crippen LogP contribution in [0.2, 0.25) is 0 Å². The van der Waals surface area contributed by atoms with Gasteiger partial charge in [0.25, 0.3) is 0 Å². The number of primary sulfonamides is 1. The first-order valence-corrected chi connectivity index (χ1v) is 8.04. The first-order chi connectivity index (χ1) is 9.25. The molecule has 0 atom stereocenters. The predicted octanol–water partition coefficient (Wildman–Crippen LogP) is 1.47. The number of aromatic nitrogens is 2. The van der Waals surface area contributed by atoms with Crippen LogP contribution in [-0.2, 0) is 10.0 Å². The topological polar surface area (TPSA) is 112 Å². The fraction of sp³-hybridized carbons (Fsp3) is 0.167. The average molecular weight is 310 g/mol. The number of anilines is 1. The van der Waals surface area contributed by atoms with Crippen molar-refractivity contribution in [1.82, 2.24) is 9.97 Å². The SMILES string of the molecule is Cc1cc(C)nc(Sc2ccc(S(N)(=O)=O)c(N)c2)n1. The molecule has 0 saturated carbocycles. The monoisotopic (exact) mass is 310 g/mol. The minimum Gasteiger partial charge on any atom is -0.398 e. The summed E-state index contributed by atoms with van der Waals surface area (Å²) in [5.41, 5.74) is 7.56. The summed E-state index contributed by atoms with van der Waals surface area (Å²) in [4.78, 5) is 9.27. The quantitative estimate of drug-likeness (QED) is 0.656. The van der Waals surface area contributed by atoms with Crippen LogP contribution in [0.1, 0.15) is 11.4 Å². The third-order valence-corrected chi connectivity index (χ3v) is 4.30. The van der Waals surface area contributed by atoms with E-state index >= 15 is 0 Å². The van der Waals surface area contributed by atoms with Gasteiger partial charge in [-0.2, -0.15) is 0 Å². The van der Waals surface area contributed by atoms with Gasteiger partial charge in [-0.15, -0.1) is 0 Å². The van der Waals surface area contributed by atoms with Crippen molar-refractivity contribution in [2.75, 3.05) is 5.73 Å². The van der Waals surface area contributed by atoms with Gasteiger partial charge in [0.05, 0.1) is 5.69 Å². The molecule has 0 bridgehead atoms. The lowest BCUT2D eigenvalue weighted by atomic mass is 10.3. The Morgan fingerprint density at radius 2 is 1.70 bits per heavy atom. The van der Waals surface area contributed by atoms with E-state index in [1.807, 2.05) is 19.9 Å². The highest BCUT2D eigenvalue weighted by molar-refractivity contribution is 7.99. The maximum Gasteiger partial charge on any atom is 0.240 e. The second-order valence-corrected chi connectivity index (χ2v) is 6.85. The Balaban J connectivity index is 2.33. The molecule has 0 spiro atoms. The number of nitrogens with zero attached hydrogens (tertiary/aromatic N) is 2. The van der Waals surface area contributed by atoms with Crippen molar-refractivity contribution in [3.05, 3.63) is 35.7 Å². The number of nitrogens with two attached hydrogens (primary N) is 2. The molecule has 106 valence electrons. The van der Waals surface area contributed by atoms with Crippen molar-refractivity contribution in [2.45, 2.75) is 28.8 Å². The first-order valence-electron chi connectivity index (χ1n) is 5.68. The fourth-order valence-electron chi connectivity index (χ4n) is 1.69. The summed E-state index contributed by atoms with van der Waals surface area (Å²) in [5.74, 6) is 0. The highest BCUT2D eigenvalue weighted by Gasteiger charge is 2.13. The van der Waals surface area contributed by atoms with Gasteiger partial charge < -0.3 is 5.73 Å². The zero-order valence-corrected chi connectivity index (χ0v) is 12.6. The van der Waals surface area contributed by atoms with Crippen LogP contribution in [0, 0.1) is 13.8 Å². The minimum absolute atomic E-state index is 0.0804. The molecular weight excluding hydrogens is 296 g/mol. The number of aryl methyl sites for hydroxylation is 2. The molecule has 1 heterocycles. The van der Waals surface area contributed by atoms with Crippen LogP contribution >= 0.6 is 11.8 Å². The lowest BCUT2D eigenvalue weighted by molar-refractivity contribution is 0.598. The van der Waals surface area contributed by atoms with Crippen LogP contribution in [0.25, 0.3) is 0 Å². The number of hydrogen-bond donors (Lipinski definition) is 2. The highest BCUT2D eigenvalue weighted by Crippen LogP contribution is 2.29. The van der Waals surface area contributed by atoms with E-state index in [2.05, 4.69) is 9.97 Å². The summed E-state index contributed by atoms with van der Waals surface area (Å²) >= 11 is 1.31. The standard InChI is InChI=1S/C12H14N4O2S2/c1-7-5-8(2)16-12(15-7)19-9-3-4-11(10(13)6-9)20(14,17)18/h3-6H,13H2,1-2H3,(H2,14,17,18). The van der Waals surface area contributed by atoms with Crippen LogP contribution in [-0.4, -0.2) is 18.4 Å². The molecule has 4 N–H and O–H groups in total. The minimum atomic E-state index is -3.80. The van der Waals surface area contributed by atoms with Crippen LogP contribution in [0.5, 0.6) is 0 Å². The number of rotatable bonds is 3. The molecule has 2 aromatic rings. The second-order valence-electron chi connectivity index (χ2n) is 4.28. The number of hydrogen-bond acceptors (Lipinski definition) is 6. The summed E-state index contributed by atoms with van der Waals surface area (Å²) in [6.07, 6.45) is 0. The molecule has 0 saturated heterocycles. The molecule has 6 nitrogen and oxygen atoms in total. The van der Waals surface area contributed by atoms with Crippen molar-refractivity contribution >= 4 is 27.5 Å². The molecule has 0 aliphatic rings. The average Bonchev–Trinajstić information content (AvgIpc) is 2.25. The molecule has 0 fully saturated rings. The largest absolute Gasteiger partial charge is 0.398 e. The van der Waals surface area contributed by atoms with Crippen molar-refractivity contribution in [2.24, 2.45) is 5.14 Å². The number of benzene rings is 1. The third kappa shape index (κ3) is 3.47. The summed E-state index contributed by atoms with van der Waals surface area (Å²) in [6, 6.07) is 6.44. The molecule has 0 amide bonds. The summed E-state index contributed by atoms with van der Waals surface area (Å²) in [7, 11) is -3.80. The van der Waals surface area contributed by atoms with E-state index in [1.54, 1.807) is 12.1 Å². The lowest BCUT2D eigenvalue weighted by Crippen LogP contribution is -2.14. The summed E-state index contributed by atoms with van der Waals surface area (Å²) < 4.78 is 22.6. The maximum atomic E-state index is 11.3. The van der Waals surface area contributed by atoms with Gasteiger partial charge in [0.2, 0.25) is 10.0 Å². The summed E-state index contributed by atoms with van der Waals surface area (Å²) in [5, 5.41) is 5.65. The molecule has 1 aromatic carbocycles. The highest BCUT2D eigenvalue weighted by atomic mass is 32.2. The molecule has 0 radical (unpaired) electrons. The van der Waals surface area contributed by atoms with Gasteiger partial charge in [0.15, 0.2) is 5.16 Å². The smallest absolute Gasteiger partial charge is 0.240 e. The zero-order valence-electron chi connectivity index (χ0n) is 11.0. The van der Waals surface area contributed by atoms with Crippen LogP contribution in [0.15, 0.2) is 39.2 Å². The van der Waals surface area contributed by atoms with Crippen LogP contribution in [0.4, 0.5) is 5.69 Å². The Morgan fingerprint density at radius 1 is 1.10 bits per heavy atom. The van der Waals surface area contributed by atoms with Crippen molar-refractivity contribution < 1.29 is 8.42 Å². The molecule has 2 rings (SSSR count). The van der Waals surface area contributed by atoms with E-state index in [1.165, 1.54) is 17.8 Å². The van der Waals surface area contributed by atoms with E-state index in [9.17, 15) is 8.42 Å². The van der Waals surface area contributed by atoms with E-state index in [-0.39, 0.29) is 10.6 Å². The zero-order chi connectivity index (χ0) is 14.9. The fourth-order valence-corrected chi connectivity index (χ4v) is 3.25. The molecule has 0 aliphatic heterocycles. The van der Waals surface area contributed by atoms with Gasteiger partial charge in [0, 0.05) is 16.3 Å². The van der Waals surface area contributed by atoms with Crippen LogP contribution in [0.3, 0.4) is 0 Å². The van der Waals surface area contributed by atoms with Gasteiger partial charge in [-0.05, 0) is 49.9 Å². The van der Waals surface area contributed by atoms with E-state index < -0.39 is 10.0 Å². The summed E-state index contributed by atoms with van der Waals surface area (Å²) in [6.45, 7) is 3.77. The van der Waals surface area contributed by atoms with Gasteiger partial charge in [0.1, 0.15) is 4.90 Å². The normalized spacial score (nSPS) is 11.6. The number of nitrogen functional groups attached to an aromatic ring is 1. The lowest BCUT2D eigenvalue weighted by Gasteiger charge is -2.06. The Labute approximate surface area is 121 Å². The Bertz CT molecular complexity index is 740. The second kappa shape index (κ2) is 5.39. The van der Waals surface area contributed by atoms with E-state index in [0.29, 0.717) is 5.16 Å². The first kappa shape index (κ1) is 14.8. The van der Waals surface area contributed by atoms with E-state index in [4.69, 9.17) is 10.9 Å². The van der Waals surface area contributed by atoms with Crippen LogP contribution < -0.4 is 10.9 Å². The molecule has 20 heavy (non-hydrogen) atoms. The molecular formula is C12H14N4O2S2. The number of sulfonamides is 1. The van der Waals surface area contributed by atoms with Gasteiger partial charge >= 0.3 is 0 Å². The van der Waals surface area contributed by atoms with E-state index in [0.717, 1.165) is 16.3 Å². The van der Waals surface area contributed by atoms with Gasteiger partial charge in [-0.25, -0.2) is 23.5 Å². The van der Waals surface area contributed by atoms with Crippen molar-refractivity contribution in [3.8, 4) is 0 Å². The third-order valence-electron chi connectivity index (χ3n) is 2.46. The van der Waals surface area contributed by atoms with Gasteiger partial charge in [-0.1, -0.05) is 0 Å². The molecule has 8 heteroatoms. The Morgan fingerprint density at radius 3 is 2.20 bits per heavy atom. The molecule has 0 unspecified atom stereocenters. The van der Waals surface area contributed by atoms with Gasteiger partial charge in [-0.3, -0.25) is 0 Å².